The zero-order valence-electron chi connectivity index (χ0n) is 12.2. The van der Waals surface area contributed by atoms with Crippen molar-refractivity contribution >= 4 is 0 Å². The first-order chi connectivity index (χ1) is 9.30. The minimum absolute atomic E-state index is 0.458. The van der Waals surface area contributed by atoms with Gasteiger partial charge in [0.1, 0.15) is 0 Å². The molecule has 3 heteroatoms. The molecule has 2 atom stereocenters. The number of rotatable bonds is 6. The van der Waals surface area contributed by atoms with Crippen LogP contribution in [0.4, 0.5) is 0 Å². The summed E-state index contributed by atoms with van der Waals surface area (Å²) in [6, 6.07) is 6.80. The molecule has 3 nitrogen and oxygen atoms in total. The van der Waals surface area contributed by atoms with Crippen molar-refractivity contribution in [2.75, 3.05) is 19.8 Å². The molecule has 0 amide bonds. The third-order valence-corrected chi connectivity index (χ3v) is 3.80. The summed E-state index contributed by atoms with van der Waals surface area (Å²) in [5.74, 6) is 2.44. The van der Waals surface area contributed by atoms with Crippen molar-refractivity contribution in [1.29, 1.82) is 0 Å². The summed E-state index contributed by atoms with van der Waals surface area (Å²) in [5.41, 5.74) is 1.32. The lowest BCUT2D eigenvalue weighted by atomic mass is 9.92. The van der Waals surface area contributed by atoms with E-state index >= 15 is 0 Å². The molecule has 0 aromatic heterocycles. The van der Waals surface area contributed by atoms with Crippen LogP contribution in [0.1, 0.15) is 45.2 Å². The van der Waals surface area contributed by atoms with Crippen molar-refractivity contribution in [1.82, 2.24) is 5.32 Å². The van der Waals surface area contributed by atoms with Crippen molar-refractivity contribution < 1.29 is 9.47 Å². The van der Waals surface area contributed by atoms with Crippen molar-refractivity contribution in [2.45, 2.75) is 39.7 Å². The normalized spacial score (nSPS) is 22.5. The van der Waals surface area contributed by atoms with E-state index in [9.17, 15) is 0 Å². The van der Waals surface area contributed by atoms with Gasteiger partial charge in [-0.15, -0.1) is 0 Å². The molecule has 2 unspecified atom stereocenters. The van der Waals surface area contributed by atoms with Crippen LogP contribution in [0.2, 0.25) is 0 Å². The Labute approximate surface area is 116 Å². The van der Waals surface area contributed by atoms with E-state index in [2.05, 4.69) is 24.4 Å². The van der Waals surface area contributed by atoms with Crippen LogP contribution < -0.4 is 14.8 Å². The van der Waals surface area contributed by atoms with Gasteiger partial charge in [-0.05, 0) is 50.4 Å². The highest BCUT2D eigenvalue weighted by atomic mass is 16.5. The molecule has 0 saturated carbocycles. The minimum atomic E-state index is 0.458. The Bertz CT molecular complexity index is 406. The Morgan fingerprint density at radius 1 is 1.11 bits per heavy atom. The summed E-state index contributed by atoms with van der Waals surface area (Å²) < 4.78 is 11.3. The molecular weight excluding hydrogens is 238 g/mol. The molecule has 2 rings (SSSR count). The highest BCUT2D eigenvalue weighted by Gasteiger charge is 2.27. The van der Waals surface area contributed by atoms with Gasteiger partial charge in [-0.1, -0.05) is 19.4 Å². The molecular formula is C16H25NO2. The molecule has 1 N–H and O–H groups in total. The molecule has 1 aromatic rings. The van der Waals surface area contributed by atoms with E-state index in [1.54, 1.807) is 0 Å². The highest BCUT2D eigenvalue weighted by Crippen LogP contribution is 2.36. The first-order valence-electron chi connectivity index (χ1n) is 7.43. The fourth-order valence-electron chi connectivity index (χ4n) is 2.85. The Morgan fingerprint density at radius 3 is 2.53 bits per heavy atom. The average molecular weight is 263 g/mol. The molecule has 19 heavy (non-hydrogen) atoms. The molecule has 1 fully saturated rings. The number of benzene rings is 1. The Balaban J connectivity index is 2.24. The lowest BCUT2D eigenvalue weighted by molar-refractivity contribution is 0.287. The topological polar surface area (TPSA) is 30.5 Å². The molecule has 1 aliphatic heterocycles. The molecule has 1 heterocycles. The van der Waals surface area contributed by atoms with Gasteiger partial charge in [-0.25, -0.2) is 0 Å². The van der Waals surface area contributed by atoms with Gasteiger partial charge < -0.3 is 14.8 Å². The van der Waals surface area contributed by atoms with E-state index in [0.29, 0.717) is 19.3 Å². The summed E-state index contributed by atoms with van der Waals surface area (Å²) in [5, 5.41) is 3.60. The highest BCUT2D eigenvalue weighted by molar-refractivity contribution is 5.44. The average Bonchev–Trinajstić information content (AvgIpc) is 2.89. The zero-order chi connectivity index (χ0) is 13.7. The van der Waals surface area contributed by atoms with Crippen molar-refractivity contribution in [3.63, 3.8) is 0 Å². The first-order valence-corrected chi connectivity index (χ1v) is 7.43. The van der Waals surface area contributed by atoms with E-state index in [-0.39, 0.29) is 0 Å². The second kappa shape index (κ2) is 6.80. The summed E-state index contributed by atoms with van der Waals surface area (Å²) in [4.78, 5) is 0. The third kappa shape index (κ3) is 3.21. The quantitative estimate of drug-likeness (QED) is 0.851. The Kier molecular flexibility index (Phi) is 5.08. The van der Waals surface area contributed by atoms with Gasteiger partial charge in [-0.3, -0.25) is 0 Å². The summed E-state index contributed by atoms with van der Waals surface area (Å²) in [6.07, 6.45) is 2.48. The summed E-state index contributed by atoms with van der Waals surface area (Å²) in [6.45, 7) is 8.71. The van der Waals surface area contributed by atoms with Crippen LogP contribution in [-0.2, 0) is 0 Å². The van der Waals surface area contributed by atoms with Gasteiger partial charge >= 0.3 is 0 Å². The van der Waals surface area contributed by atoms with Crippen LogP contribution in [0.25, 0.3) is 0 Å². The Morgan fingerprint density at radius 2 is 1.84 bits per heavy atom. The number of hydrogen-bond acceptors (Lipinski definition) is 3. The zero-order valence-corrected chi connectivity index (χ0v) is 12.2. The minimum Gasteiger partial charge on any atom is -0.490 e. The molecule has 106 valence electrons. The largest absolute Gasteiger partial charge is 0.490 e. The molecule has 0 aliphatic carbocycles. The van der Waals surface area contributed by atoms with E-state index in [1.165, 1.54) is 18.4 Å². The van der Waals surface area contributed by atoms with E-state index in [4.69, 9.17) is 9.47 Å². The molecule has 1 saturated heterocycles. The maximum atomic E-state index is 5.71. The molecule has 1 aromatic carbocycles. The van der Waals surface area contributed by atoms with Gasteiger partial charge in [0.15, 0.2) is 11.5 Å². The Hall–Kier alpha value is -1.22. The van der Waals surface area contributed by atoms with Gasteiger partial charge in [0, 0.05) is 6.04 Å². The van der Waals surface area contributed by atoms with Crippen LogP contribution >= 0.6 is 0 Å². The van der Waals surface area contributed by atoms with E-state index < -0.39 is 0 Å². The number of hydrogen-bond donors (Lipinski definition) is 1. The van der Waals surface area contributed by atoms with Crippen molar-refractivity contribution in [2.24, 2.45) is 5.92 Å². The maximum absolute atomic E-state index is 5.71. The van der Waals surface area contributed by atoms with Crippen LogP contribution in [0, 0.1) is 5.92 Å². The second-order valence-corrected chi connectivity index (χ2v) is 4.96. The van der Waals surface area contributed by atoms with Gasteiger partial charge in [0.05, 0.1) is 13.2 Å². The van der Waals surface area contributed by atoms with Crippen LogP contribution in [0.5, 0.6) is 11.5 Å². The summed E-state index contributed by atoms with van der Waals surface area (Å²) >= 11 is 0. The van der Waals surface area contributed by atoms with E-state index in [0.717, 1.165) is 24.0 Å². The number of nitrogens with one attached hydrogen (secondary N) is 1. The standard InChI is InChI=1S/C16H25NO2/c1-4-12-9-10-17-16(12)13-7-8-14(18-5-2)15(11-13)19-6-3/h7-8,11-12,16-17H,4-6,9-10H2,1-3H3. The van der Waals surface area contributed by atoms with Crippen LogP contribution in [-0.4, -0.2) is 19.8 Å². The number of ether oxygens (including phenoxy) is 2. The smallest absolute Gasteiger partial charge is 0.161 e. The van der Waals surface area contributed by atoms with Crippen LogP contribution in [0.15, 0.2) is 18.2 Å². The van der Waals surface area contributed by atoms with Crippen LogP contribution in [0.3, 0.4) is 0 Å². The lowest BCUT2D eigenvalue weighted by Crippen LogP contribution is -2.17. The maximum Gasteiger partial charge on any atom is 0.161 e. The van der Waals surface area contributed by atoms with Crippen molar-refractivity contribution in [3.05, 3.63) is 23.8 Å². The predicted octanol–water partition coefficient (Wildman–Crippen LogP) is 3.54. The van der Waals surface area contributed by atoms with Gasteiger partial charge in [0.2, 0.25) is 0 Å². The fourth-order valence-corrected chi connectivity index (χ4v) is 2.85. The molecule has 1 aliphatic rings. The SMILES string of the molecule is CCOc1ccc(C2NCCC2CC)cc1OCC. The lowest BCUT2D eigenvalue weighted by Gasteiger charge is -2.20. The van der Waals surface area contributed by atoms with Gasteiger partial charge in [-0.2, -0.15) is 0 Å². The monoisotopic (exact) mass is 263 g/mol. The molecule has 0 radical (unpaired) electrons. The van der Waals surface area contributed by atoms with Gasteiger partial charge in [0.25, 0.3) is 0 Å². The van der Waals surface area contributed by atoms with E-state index in [1.807, 2.05) is 19.9 Å². The predicted molar refractivity (Wildman–Crippen MR) is 77.9 cm³/mol. The summed E-state index contributed by atoms with van der Waals surface area (Å²) in [7, 11) is 0. The third-order valence-electron chi connectivity index (χ3n) is 3.80. The molecule has 0 bridgehead atoms. The molecule has 0 spiro atoms. The van der Waals surface area contributed by atoms with Crippen molar-refractivity contribution in [3.8, 4) is 11.5 Å². The fraction of sp³-hybridized carbons (Fsp3) is 0.625. The second-order valence-electron chi connectivity index (χ2n) is 4.96. The first kappa shape index (κ1) is 14.2.